The number of alkyl halides is 2. The predicted molar refractivity (Wildman–Crippen MR) is 71.7 cm³/mol. The largest absolute Gasteiger partial charge is 0.449 e. The van der Waals surface area contributed by atoms with Crippen LogP contribution in [0.3, 0.4) is 0 Å². The zero-order chi connectivity index (χ0) is 15.3. The minimum atomic E-state index is -2.63. The Balaban J connectivity index is 1.89. The van der Waals surface area contributed by atoms with E-state index in [0.29, 0.717) is 36.4 Å². The maximum atomic E-state index is 13.5. The lowest BCUT2D eigenvalue weighted by Gasteiger charge is -2.12. The van der Waals surface area contributed by atoms with Gasteiger partial charge in [0.25, 0.3) is 0 Å². The lowest BCUT2D eigenvalue weighted by molar-refractivity contribution is -0.0133. The molecular formula is C15H17F3N2O. The van der Waals surface area contributed by atoms with Crippen LogP contribution in [0.2, 0.25) is 0 Å². The van der Waals surface area contributed by atoms with Crippen molar-refractivity contribution in [1.82, 2.24) is 9.97 Å². The molecule has 2 aromatic rings. The molecule has 0 aromatic carbocycles. The summed E-state index contributed by atoms with van der Waals surface area (Å²) in [5.74, 6) is -2.62. The monoisotopic (exact) mass is 298 g/mol. The van der Waals surface area contributed by atoms with Crippen molar-refractivity contribution < 1.29 is 17.6 Å². The van der Waals surface area contributed by atoms with Crippen LogP contribution in [0, 0.1) is 5.82 Å². The molecule has 0 saturated heterocycles. The third-order valence-electron chi connectivity index (χ3n) is 3.28. The SMILES string of the molecule is CCC(F)(F)CCCc1nc(Cc2ccncc2F)co1. The fourth-order valence-electron chi connectivity index (χ4n) is 1.96. The van der Waals surface area contributed by atoms with Crippen LogP contribution in [0.15, 0.2) is 29.1 Å². The molecule has 0 fully saturated rings. The molecule has 114 valence electrons. The number of pyridine rings is 1. The highest BCUT2D eigenvalue weighted by molar-refractivity contribution is 5.19. The van der Waals surface area contributed by atoms with Crippen molar-refractivity contribution in [1.29, 1.82) is 0 Å². The van der Waals surface area contributed by atoms with Gasteiger partial charge in [0.05, 0.1) is 11.9 Å². The molecule has 2 rings (SSSR count). The summed E-state index contributed by atoms with van der Waals surface area (Å²) in [7, 11) is 0. The molecule has 0 atom stereocenters. The molecule has 3 nitrogen and oxygen atoms in total. The van der Waals surface area contributed by atoms with Gasteiger partial charge in [0.1, 0.15) is 12.1 Å². The van der Waals surface area contributed by atoms with Crippen molar-refractivity contribution in [2.45, 2.75) is 45.0 Å². The van der Waals surface area contributed by atoms with Gasteiger partial charge in [-0.3, -0.25) is 4.98 Å². The van der Waals surface area contributed by atoms with Crippen LogP contribution in [-0.2, 0) is 12.8 Å². The molecule has 0 saturated carbocycles. The molecule has 0 amide bonds. The van der Waals surface area contributed by atoms with E-state index in [1.54, 1.807) is 6.07 Å². The van der Waals surface area contributed by atoms with Gasteiger partial charge in [0, 0.05) is 31.9 Å². The Bertz CT molecular complexity index is 584. The Morgan fingerprint density at radius 3 is 2.86 bits per heavy atom. The molecule has 2 aromatic heterocycles. The normalized spacial score (nSPS) is 11.8. The van der Waals surface area contributed by atoms with Crippen LogP contribution < -0.4 is 0 Å². The molecule has 0 spiro atoms. The fraction of sp³-hybridized carbons (Fsp3) is 0.467. The van der Waals surface area contributed by atoms with Gasteiger partial charge in [-0.15, -0.1) is 0 Å². The molecule has 0 aliphatic rings. The summed E-state index contributed by atoms with van der Waals surface area (Å²) in [6.45, 7) is 1.46. The zero-order valence-corrected chi connectivity index (χ0v) is 11.8. The first kappa shape index (κ1) is 15.5. The third-order valence-corrected chi connectivity index (χ3v) is 3.28. The van der Waals surface area contributed by atoms with E-state index in [2.05, 4.69) is 9.97 Å². The highest BCUT2D eigenvalue weighted by Crippen LogP contribution is 2.24. The smallest absolute Gasteiger partial charge is 0.247 e. The molecule has 0 aliphatic carbocycles. The van der Waals surface area contributed by atoms with Crippen LogP contribution in [0.1, 0.15) is 43.3 Å². The summed E-state index contributed by atoms with van der Waals surface area (Å²) in [6.07, 6.45) is 4.70. The van der Waals surface area contributed by atoms with Crippen molar-refractivity contribution in [3.8, 4) is 0 Å². The summed E-state index contributed by atoms with van der Waals surface area (Å²) in [4.78, 5) is 7.87. The summed E-state index contributed by atoms with van der Waals surface area (Å²) >= 11 is 0. The minimum absolute atomic E-state index is 0.162. The molecule has 0 aliphatic heterocycles. The molecule has 21 heavy (non-hydrogen) atoms. The van der Waals surface area contributed by atoms with E-state index in [1.165, 1.54) is 19.4 Å². The Hall–Kier alpha value is -1.85. The fourth-order valence-corrected chi connectivity index (χ4v) is 1.96. The second-order valence-electron chi connectivity index (χ2n) is 4.94. The van der Waals surface area contributed by atoms with Gasteiger partial charge in [-0.05, 0) is 18.1 Å². The number of nitrogens with zero attached hydrogens (tertiary/aromatic N) is 2. The lowest BCUT2D eigenvalue weighted by Crippen LogP contribution is -2.14. The van der Waals surface area contributed by atoms with Gasteiger partial charge in [-0.1, -0.05) is 6.92 Å². The number of oxazole rings is 1. The predicted octanol–water partition coefficient (Wildman–Crippen LogP) is 4.17. The summed E-state index contributed by atoms with van der Waals surface area (Å²) in [5, 5.41) is 0. The van der Waals surface area contributed by atoms with E-state index in [4.69, 9.17) is 4.42 Å². The molecule has 0 unspecified atom stereocenters. The van der Waals surface area contributed by atoms with Crippen LogP contribution in [0.25, 0.3) is 0 Å². The van der Waals surface area contributed by atoms with E-state index in [1.807, 2.05) is 0 Å². The van der Waals surface area contributed by atoms with Gasteiger partial charge in [-0.25, -0.2) is 18.2 Å². The maximum absolute atomic E-state index is 13.5. The molecular weight excluding hydrogens is 281 g/mol. The van der Waals surface area contributed by atoms with E-state index in [9.17, 15) is 13.2 Å². The van der Waals surface area contributed by atoms with E-state index >= 15 is 0 Å². The molecule has 0 bridgehead atoms. The molecule has 0 radical (unpaired) electrons. The number of halogens is 3. The van der Waals surface area contributed by atoms with Crippen LogP contribution in [0.5, 0.6) is 0 Å². The van der Waals surface area contributed by atoms with Gasteiger partial charge in [-0.2, -0.15) is 0 Å². The molecule has 2 heterocycles. The second-order valence-corrected chi connectivity index (χ2v) is 4.94. The first-order valence-corrected chi connectivity index (χ1v) is 6.89. The average molecular weight is 298 g/mol. The van der Waals surface area contributed by atoms with E-state index in [-0.39, 0.29) is 12.8 Å². The van der Waals surface area contributed by atoms with Crippen molar-refractivity contribution in [3.63, 3.8) is 0 Å². The van der Waals surface area contributed by atoms with E-state index in [0.717, 1.165) is 6.20 Å². The van der Waals surface area contributed by atoms with Crippen LogP contribution in [-0.4, -0.2) is 15.9 Å². The van der Waals surface area contributed by atoms with E-state index < -0.39 is 11.7 Å². The topological polar surface area (TPSA) is 38.9 Å². The Labute approximate surface area is 121 Å². The van der Waals surface area contributed by atoms with Gasteiger partial charge >= 0.3 is 0 Å². The highest BCUT2D eigenvalue weighted by atomic mass is 19.3. The van der Waals surface area contributed by atoms with Gasteiger partial charge < -0.3 is 4.42 Å². The minimum Gasteiger partial charge on any atom is -0.449 e. The van der Waals surface area contributed by atoms with Crippen LogP contribution in [0.4, 0.5) is 13.2 Å². The summed E-state index contributed by atoms with van der Waals surface area (Å²) in [5.41, 5.74) is 1.06. The first-order chi connectivity index (χ1) is 10.00. The summed E-state index contributed by atoms with van der Waals surface area (Å²) in [6, 6.07) is 1.57. The Kier molecular flexibility index (Phi) is 4.98. The number of aryl methyl sites for hydroxylation is 1. The quantitative estimate of drug-likeness (QED) is 0.770. The zero-order valence-electron chi connectivity index (χ0n) is 11.8. The first-order valence-electron chi connectivity index (χ1n) is 6.89. The third kappa shape index (κ3) is 4.58. The number of hydrogen-bond donors (Lipinski definition) is 0. The average Bonchev–Trinajstić information content (AvgIpc) is 2.89. The van der Waals surface area contributed by atoms with Crippen molar-refractivity contribution in [2.24, 2.45) is 0 Å². The summed E-state index contributed by atoms with van der Waals surface area (Å²) < 4.78 is 44.9. The Morgan fingerprint density at radius 1 is 1.33 bits per heavy atom. The second kappa shape index (κ2) is 6.74. The van der Waals surface area contributed by atoms with Crippen molar-refractivity contribution in [3.05, 3.63) is 47.7 Å². The van der Waals surface area contributed by atoms with Crippen LogP contribution >= 0.6 is 0 Å². The van der Waals surface area contributed by atoms with Gasteiger partial charge in [0.2, 0.25) is 5.92 Å². The van der Waals surface area contributed by atoms with Crippen molar-refractivity contribution in [2.75, 3.05) is 0 Å². The lowest BCUT2D eigenvalue weighted by atomic mass is 10.1. The Morgan fingerprint density at radius 2 is 2.14 bits per heavy atom. The maximum Gasteiger partial charge on any atom is 0.247 e. The molecule has 0 N–H and O–H groups in total. The standard InChI is InChI=1S/C15H17F3N2O/c1-2-15(17,18)6-3-4-14-20-12(10-21-14)8-11-5-7-19-9-13(11)16/h5,7,9-10H,2-4,6,8H2,1H3. The number of hydrogen-bond acceptors (Lipinski definition) is 3. The highest BCUT2D eigenvalue weighted by Gasteiger charge is 2.25. The van der Waals surface area contributed by atoms with Crippen molar-refractivity contribution >= 4 is 0 Å². The number of aromatic nitrogens is 2. The molecule has 6 heteroatoms. The number of rotatable bonds is 7. The van der Waals surface area contributed by atoms with Gasteiger partial charge in [0.15, 0.2) is 5.89 Å².